The van der Waals surface area contributed by atoms with Gasteiger partial charge in [0.1, 0.15) is 17.5 Å². The number of hydrogen-bond donors (Lipinski definition) is 2. The van der Waals surface area contributed by atoms with Crippen molar-refractivity contribution in [1.82, 2.24) is 10.4 Å². The number of nitrogens with zero attached hydrogens (tertiary/aromatic N) is 2. The van der Waals surface area contributed by atoms with Crippen molar-refractivity contribution < 1.29 is 23.9 Å². The van der Waals surface area contributed by atoms with Gasteiger partial charge in [0.2, 0.25) is 16.9 Å². The lowest BCUT2D eigenvalue weighted by Gasteiger charge is -2.41. The summed E-state index contributed by atoms with van der Waals surface area (Å²) in [6.07, 6.45) is -0.245. The third-order valence-electron chi connectivity index (χ3n) is 5.63. The van der Waals surface area contributed by atoms with E-state index in [0.29, 0.717) is 35.0 Å². The maximum absolute atomic E-state index is 13.4. The number of nitrogens with one attached hydrogen (secondary N) is 2. The molecule has 4 rings (SSSR count). The minimum absolute atomic E-state index is 0.0570. The van der Waals surface area contributed by atoms with Gasteiger partial charge in [-0.2, -0.15) is 0 Å². The lowest BCUT2D eigenvalue weighted by molar-refractivity contribution is -0.127. The third kappa shape index (κ3) is 5.70. The van der Waals surface area contributed by atoms with Crippen molar-refractivity contribution in [3.05, 3.63) is 84.4 Å². The first kappa shape index (κ1) is 25.6. The first-order valence-corrected chi connectivity index (χ1v) is 12.0. The molecule has 2 N–H and O–H groups in total. The van der Waals surface area contributed by atoms with Crippen molar-refractivity contribution in [2.45, 2.75) is 19.4 Å². The predicted molar refractivity (Wildman–Crippen MR) is 143 cm³/mol. The number of amides is 3. The van der Waals surface area contributed by atoms with Crippen LogP contribution in [-0.4, -0.2) is 47.6 Å². The van der Waals surface area contributed by atoms with Gasteiger partial charge in [0.05, 0.1) is 25.8 Å². The number of carbonyl (C=O) groups is 3. The Kier molecular flexibility index (Phi) is 7.99. The number of hydrazine groups is 1. The van der Waals surface area contributed by atoms with Crippen molar-refractivity contribution in [1.29, 1.82) is 0 Å². The van der Waals surface area contributed by atoms with E-state index in [4.69, 9.17) is 21.7 Å². The molecular formula is C27H26N4O5S. The molecule has 1 aliphatic rings. The molecular weight excluding hydrogens is 492 g/mol. The van der Waals surface area contributed by atoms with Gasteiger partial charge in [0.25, 0.3) is 5.91 Å². The molecule has 1 atom stereocenters. The zero-order valence-corrected chi connectivity index (χ0v) is 21.2. The van der Waals surface area contributed by atoms with E-state index in [1.54, 1.807) is 78.9 Å². The number of ether oxygens (including phenoxy) is 2. The Balaban J connectivity index is 1.67. The zero-order chi connectivity index (χ0) is 26.4. The number of para-hydroxylation sites is 2. The highest BCUT2D eigenvalue weighted by Gasteiger charge is 2.42. The van der Waals surface area contributed by atoms with E-state index < -0.39 is 23.8 Å². The molecule has 3 aromatic rings. The number of carbonyl (C=O) groups excluding carboxylic acids is 3. The van der Waals surface area contributed by atoms with Gasteiger partial charge < -0.3 is 14.8 Å². The summed E-state index contributed by atoms with van der Waals surface area (Å²) in [6, 6.07) is 21.2. The van der Waals surface area contributed by atoms with E-state index in [2.05, 4.69) is 10.7 Å². The molecule has 0 saturated carbocycles. The van der Waals surface area contributed by atoms with E-state index in [1.165, 1.54) is 17.0 Å². The summed E-state index contributed by atoms with van der Waals surface area (Å²) in [5.74, 6) is -0.395. The van der Waals surface area contributed by atoms with E-state index in [0.717, 1.165) is 0 Å². The molecule has 190 valence electrons. The number of anilines is 2. The summed E-state index contributed by atoms with van der Waals surface area (Å²) >= 11 is 5.68. The number of rotatable bonds is 8. The highest BCUT2D eigenvalue weighted by molar-refractivity contribution is 7.80. The first-order valence-electron chi connectivity index (χ1n) is 11.6. The van der Waals surface area contributed by atoms with Crippen molar-refractivity contribution in [2.75, 3.05) is 23.9 Å². The standard InChI is InChI=1S/C27H26N4O5S/c1-3-36-23-15-8-7-14-21(23)30-24(32)17-22(26(34)28-19-12-9-13-20(16-19)35-2)31(27(30)37)29-25(33)18-10-5-4-6-11-18/h4-16,22H,3,17H2,1-2H3,(H,28,34)(H,29,33)/t22-/m0/s1. The monoisotopic (exact) mass is 518 g/mol. The Morgan fingerprint density at radius 3 is 2.49 bits per heavy atom. The Hall–Kier alpha value is -4.44. The van der Waals surface area contributed by atoms with Crippen LogP contribution in [0.4, 0.5) is 11.4 Å². The SMILES string of the molecule is CCOc1ccccc1N1C(=O)C[C@@H](C(=O)Nc2cccc(OC)c2)N(NC(=O)c2ccccc2)C1=S. The fourth-order valence-electron chi connectivity index (χ4n) is 3.88. The lowest BCUT2D eigenvalue weighted by atomic mass is 10.1. The fraction of sp³-hybridized carbons (Fsp3) is 0.185. The summed E-state index contributed by atoms with van der Waals surface area (Å²) in [4.78, 5) is 41.1. The Labute approximate surface area is 219 Å². The van der Waals surface area contributed by atoms with Gasteiger partial charge in [0, 0.05) is 17.3 Å². The molecule has 3 amide bonds. The van der Waals surface area contributed by atoms with E-state index in [9.17, 15) is 14.4 Å². The van der Waals surface area contributed by atoms with Crippen LogP contribution in [0.15, 0.2) is 78.9 Å². The molecule has 0 bridgehead atoms. The summed E-state index contributed by atoms with van der Waals surface area (Å²) < 4.78 is 10.9. The number of benzene rings is 3. The molecule has 0 unspecified atom stereocenters. The smallest absolute Gasteiger partial charge is 0.269 e. The van der Waals surface area contributed by atoms with Gasteiger partial charge in [-0.05, 0) is 55.5 Å². The maximum Gasteiger partial charge on any atom is 0.269 e. The van der Waals surface area contributed by atoms with Crippen LogP contribution in [0.3, 0.4) is 0 Å². The normalized spacial score (nSPS) is 15.2. The van der Waals surface area contributed by atoms with Crippen molar-refractivity contribution in [3.63, 3.8) is 0 Å². The number of hydrogen-bond acceptors (Lipinski definition) is 6. The van der Waals surface area contributed by atoms with Crippen LogP contribution < -0.4 is 25.1 Å². The molecule has 0 aliphatic carbocycles. The summed E-state index contributed by atoms with van der Waals surface area (Å²) in [5, 5.41) is 3.99. The fourth-order valence-corrected chi connectivity index (χ4v) is 4.25. The van der Waals surface area contributed by atoms with Crippen LogP contribution in [-0.2, 0) is 9.59 Å². The molecule has 10 heteroatoms. The summed E-state index contributed by atoms with van der Waals surface area (Å²) in [7, 11) is 1.52. The summed E-state index contributed by atoms with van der Waals surface area (Å²) in [5.41, 5.74) is 3.99. The minimum atomic E-state index is -1.10. The largest absolute Gasteiger partial charge is 0.497 e. The van der Waals surface area contributed by atoms with Crippen molar-refractivity contribution in [3.8, 4) is 11.5 Å². The highest BCUT2D eigenvalue weighted by Crippen LogP contribution is 2.32. The van der Waals surface area contributed by atoms with Gasteiger partial charge >= 0.3 is 0 Å². The molecule has 1 aliphatic heterocycles. The van der Waals surface area contributed by atoms with Crippen LogP contribution in [0, 0.1) is 0 Å². The van der Waals surface area contributed by atoms with Gasteiger partial charge in [-0.15, -0.1) is 0 Å². The molecule has 37 heavy (non-hydrogen) atoms. The molecule has 3 aromatic carbocycles. The molecule has 1 fully saturated rings. The van der Waals surface area contributed by atoms with Crippen molar-refractivity contribution >= 4 is 46.4 Å². The van der Waals surface area contributed by atoms with Crippen LogP contribution >= 0.6 is 12.2 Å². The molecule has 1 heterocycles. The Bertz CT molecular complexity index is 1320. The lowest BCUT2D eigenvalue weighted by Crippen LogP contribution is -2.65. The number of methoxy groups -OCH3 is 1. The average Bonchev–Trinajstić information content (AvgIpc) is 2.91. The van der Waals surface area contributed by atoms with Gasteiger partial charge in [0.15, 0.2) is 0 Å². The molecule has 9 nitrogen and oxygen atoms in total. The summed E-state index contributed by atoms with van der Waals surface area (Å²) in [6.45, 7) is 2.21. The van der Waals surface area contributed by atoms with Gasteiger partial charge in [-0.25, -0.2) is 5.01 Å². The van der Waals surface area contributed by atoms with Gasteiger partial charge in [-0.1, -0.05) is 36.4 Å². The van der Waals surface area contributed by atoms with E-state index >= 15 is 0 Å². The van der Waals surface area contributed by atoms with Crippen LogP contribution in [0.2, 0.25) is 0 Å². The van der Waals surface area contributed by atoms with Crippen LogP contribution in [0.1, 0.15) is 23.7 Å². The van der Waals surface area contributed by atoms with E-state index in [1.807, 2.05) is 6.92 Å². The molecule has 0 aromatic heterocycles. The second kappa shape index (κ2) is 11.5. The van der Waals surface area contributed by atoms with Gasteiger partial charge in [-0.3, -0.25) is 24.7 Å². The maximum atomic E-state index is 13.4. The molecule has 0 spiro atoms. The zero-order valence-electron chi connectivity index (χ0n) is 20.3. The molecule has 0 radical (unpaired) electrons. The number of thiocarbonyl (C=S) groups is 1. The topological polar surface area (TPSA) is 100 Å². The average molecular weight is 519 g/mol. The van der Waals surface area contributed by atoms with Crippen molar-refractivity contribution in [2.24, 2.45) is 0 Å². The first-order chi connectivity index (χ1) is 17.9. The quantitative estimate of drug-likeness (QED) is 0.438. The third-order valence-corrected chi connectivity index (χ3v) is 6.01. The van der Waals surface area contributed by atoms with Crippen LogP contribution in [0.25, 0.3) is 0 Å². The van der Waals surface area contributed by atoms with E-state index in [-0.39, 0.29) is 11.5 Å². The molecule has 1 saturated heterocycles. The predicted octanol–water partition coefficient (Wildman–Crippen LogP) is 3.77. The second-order valence-corrected chi connectivity index (χ2v) is 8.40. The minimum Gasteiger partial charge on any atom is -0.497 e. The Morgan fingerprint density at radius 2 is 1.76 bits per heavy atom. The van der Waals surface area contributed by atoms with Crippen LogP contribution in [0.5, 0.6) is 11.5 Å². The second-order valence-electron chi connectivity index (χ2n) is 8.03. The highest BCUT2D eigenvalue weighted by atomic mass is 32.1. The Morgan fingerprint density at radius 1 is 1.03 bits per heavy atom.